The van der Waals surface area contributed by atoms with Gasteiger partial charge in [-0.25, -0.2) is 9.97 Å². The van der Waals surface area contributed by atoms with Crippen molar-refractivity contribution >= 4 is 5.82 Å². The highest BCUT2D eigenvalue weighted by atomic mass is 15.3. The largest absolute Gasteiger partial charge is 0.355 e. The van der Waals surface area contributed by atoms with Gasteiger partial charge >= 0.3 is 0 Å². The molecule has 5 nitrogen and oxygen atoms in total. The van der Waals surface area contributed by atoms with E-state index in [0.29, 0.717) is 17.4 Å². The smallest absolute Gasteiger partial charge is 0.147 e. The lowest BCUT2D eigenvalue weighted by molar-refractivity contribution is 0.348. The Morgan fingerprint density at radius 2 is 2.09 bits per heavy atom. The van der Waals surface area contributed by atoms with Crippen molar-refractivity contribution in [2.45, 2.75) is 40.2 Å². The van der Waals surface area contributed by atoms with Crippen LogP contribution in [0.4, 0.5) is 5.82 Å². The summed E-state index contributed by atoms with van der Waals surface area (Å²) in [5.41, 5.74) is 2.69. The first-order valence-electron chi connectivity index (χ1n) is 8.14. The number of nitriles is 1. The summed E-state index contributed by atoms with van der Waals surface area (Å²) < 4.78 is 2.26. The minimum atomic E-state index is 0.437. The van der Waals surface area contributed by atoms with Crippen molar-refractivity contribution in [1.82, 2.24) is 14.5 Å². The quantitative estimate of drug-likeness (QED) is 0.871. The van der Waals surface area contributed by atoms with Crippen LogP contribution in [0.2, 0.25) is 0 Å². The standard InChI is InChI=1S/C18H23N5/c1-12(2)17-20-5-6-22(17)9-15-10-23(11-15)18-16(8-19)13(3)7-14(4)21-18/h5-7,12,15H,9-11H2,1-4H3. The van der Waals surface area contributed by atoms with E-state index in [-0.39, 0.29) is 0 Å². The first-order valence-corrected chi connectivity index (χ1v) is 8.14. The highest BCUT2D eigenvalue weighted by molar-refractivity contribution is 5.59. The maximum absolute atomic E-state index is 9.40. The van der Waals surface area contributed by atoms with Crippen molar-refractivity contribution in [3.05, 3.63) is 41.1 Å². The fraction of sp³-hybridized carbons (Fsp3) is 0.500. The van der Waals surface area contributed by atoms with Crippen LogP contribution in [0.15, 0.2) is 18.5 Å². The number of pyridine rings is 1. The average Bonchev–Trinajstić information content (AvgIpc) is 2.90. The number of hydrogen-bond acceptors (Lipinski definition) is 4. The lowest BCUT2D eigenvalue weighted by Crippen LogP contribution is -2.49. The maximum Gasteiger partial charge on any atom is 0.147 e. The fourth-order valence-corrected chi connectivity index (χ4v) is 3.30. The number of imidazole rings is 1. The second-order valence-corrected chi connectivity index (χ2v) is 6.75. The monoisotopic (exact) mass is 309 g/mol. The number of aryl methyl sites for hydroxylation is 2. The Kier molecular flexibility index (Phi) is 4.08. The lowest BCUT2D eigenvalue weighted by atomic mass is 9.98. The summed E-state index contributed by atoms with van der Waals surface area (Å²) in [5.74, 6) is 3.00. The van der Waals surface area contributed by atoms with Crippen LogP contribution in [0, 0.1) is 31.1 Å². The Bertz CT molecular complexity index is 747. The molecule has 0 amide bonds. The molecule has 23 heavy (non-hydrogen) atoms. The summed E-state index contributed by atoms with van der Waals surface area (Å²) in [7, 11) is 0. The SMILES string of the molecule is Cc1cc(C)c(C#N)c(N2CC(Cn3ccnc3C(C)C)C2)n1. The van der Waals surface area contributed by atoms with Crippen molar-refractivity contribution in [2.24, 2.45) is 5.92 Å². The van der Waals surface area contributed by atoms with Crippen molar-refractivity contribution < 1.29 is 0 Å². The van der Waals surface area contributed by atoms with Gasteiger partial charge in [-0.2, -0.15) is 5.26 Å². The fourth-order valence-electron chi connectivity index (χ4n) is 3.30. The normalized spacial score (nSPS) is 14.9. The van der Waals surface area contributed by atoms with Gasteiger partial charge in [-0.3, -0.25) is 0 Å². The van der Waals surface area contributed by atoms with Gasteiger partial charge in [0.05, 0.1) is 5.56 Å². The van der Waals surface area contributed by atoms with E-state index >= 15 is 0 Å². The second-order valence-electron chi connectivity index (χ2n) is 6.75. The molecule has 1 aliphatic rings. The number of rotatable bonds is 4. The summed E-state index contributed by atoms with van der Waals surface area (Å²) in [5, 5.41) is 9.40. The molecule has 0 spiro atoms. The van der Waals surface area contributed by atoms with Crippen LogP contribution in [0.25, 0.3) is 0 Å². The molecular weight excluding hydrogens is 286 g/mol. The van der Waals surface area contributed by atoms with Gasteiger partial charge < -0.3 is 9.47 Å². The Morgan fingerprint density at radius 3 is 2.74 bits per heavy atom. The third kappa shape index (κ3) is 2.94. The van der Waals surface area contributed by atoms with Gasteiger partial charge in [-0.05, 0) is 25.5 Å². The van der Waals surface area contributed by atoms with Crippen molar-refractivity contribution in [3.8, 4) is 6.07 Å². The molecule has 0 radical (unpaired) electrons. The number of aromatic nitrogens is 3. The molecule has 0 atom stereocenters. The Balaban J connectivity index is 1.70. The first-order chi connectivity index (χ1) is 11.0. The van der Waals surface area contributed by atoms with Gasteiger partial charge in [0.25, 0.3) is 0 Å². The number of hydrogen-bond donors (Lipinski definition) is 0. The maximum atomic E-state index is 9.40. The van der Waals surface area contributed by atoms with Crippen LogP contribution >= 0.6 is 0 Å². The summed E-state index contributed by atoms with van der Waals surface area (Å²) >= 11 is 0. The molecular formula is C18H23N5. The highest BCUT2D eigenvalue weighted by Crippen LogP contribution is 2.29. The molecule has 3 rings (SSSR count). The van der Waals surface area contributed by atoms with Crippen molar-refractivity contribution in [2.75, 3.05) is 18.0 Å². The van der Waals surface area contributed by atoms with Crippen LogP contribution in [0.5, 0.6) is 0 Å². The van der Waals surface area contributed by atoms with Gasteiger partial charge in [0, 0.05) is 49.6 Å². The molecule has 0 N–H and O–H groups in total. The number of anilines is 1. The summed E-state index contributed by atoms with van der Waals surface area (Å²) in [4.78, 5) is 11.3. The van der Waals surface area contributed by atoms with Gasteiger partial charge in [-0.15, -0.1) is 0 Å². The van der Waals surface area contributed by atoms with Gasteiger partial charge in [0.2, 0.25) is 0 Å². The predicted molar refractivity (Wildman–Crippen MR) is 90.4 cm³/mol. The van der Waals surface area contributed by atoms with E-state index in [1.807, 2.05) is 26.1 Å². The summed E-state index contributed by atoms with van der Waals surface area (Å²) in [6.07, 6.45) is 3.94. The van der Waals surface area contributed by atoms with Gasteiger partial charge in [-0.1, -0.05) is 13.8 Å². The zero-order valence-corrected chi connectivity index (χ0v) is 14.2. The minimum absolute atomic E-state index is 0.437. The molecule has 0 bridgehead atoms. The second kappa shape index (κ2) is 6.04. The molecule has 120 valence electrons. The molecule has 1 aliphatic heterocycles. The van der Waals surface area contributed by atoms with E-state index in [9.17, 15) is 5.26 Å². The molecule has 1 saturated heterocycles. The van der Waals surface area contributed by atoms with Crippen LogP contribution < -0.4 is 4.90 Å². The van der Waals surface area contributed by atoms with Crippen molar-refractivity contribution in [3.63, 3.8) is 0 Å². The molecule has 5 heteroatoms. The van der Waals surface area contributed by atoms with Crippen LogP contribution in [-0.2, 0) is 6.54 Å². The minimum Gasteiger partial charge on any atom is -0.355 e. The highest BCUT2D eigenvalue weighted by Gasteiger charge is 2.30. The van der Waals surface area contributed by atoms with E-state index in [2.05, 4.69) is 45.5 Å². The average molecular weight is 309 g/mol. The van der Waals surface area contributed by atoms with Crippen LogP contribution in [0.3, 0.4) is 0 Å². The third-order valence-corrected chi connectivity index (χ3v) is 4.41. The van der Waals surface area contributed by atoms with E-state index in [4.69, 9.17) is 0 Å². The van der Waals surface area contributed by atoms with Crippen LogP contribution in [-0.4, -0.2) is 27.6 Å². The third-order valence-electron chi connectivity index (χ3n) is 4.41. The molecule has 2 aromatic rings. The molecule has 3 heterocycles. The molecule has 1 fully saturated rings. The summed E-state index contributed by atoms with van der Waals surface area (Å²) in [6, 6.07) is 4.28. The zero-order valence-electron chi connectivity index (χ0n) is 14.2. The lowest BCUT2D eigenvalue weighted by Gasteiger charge is -2.41. The van der Waals surface area contributed by atoms with E-state index in [0.717, 1.165) is 42.5 Å². The number of nitrogens with zero attached hydrogens (tertiary/aromatic N) is 5. The van der Waals surface area contributed by atoms with E-state index in [1.165, 1.54) is 0 Å². The first kappa shape index (κ1) is 15.5. The Morgan fingerprint density at radius 1 is 1.35 bits per heavy atom. The van der Waals surface area contributed by atoms with Crippen molar-refractivity contribution in [1.29, 1.82) is 5.26 Å². The topological polar surface area (TPSA) is 57.7 Å². The molecule has 0 aromatic carbocycles. The Labute approximate surface area is 137 Å². The van der Waals surface area contributed by atoms with E-state index < -0.39 is 0 Å². The van der Waals surface area contributed by atoms with E-state index in [1.54, 1.807) is 0 Å². The summed E-state index contributed by atoms with van der Waals surface area (Å²) in [6.45, 7) is 11.2. The molecule has 0 aliphatic carbocycles. The van der Waals surface area contributed by atoms with Gasteiger partial charge in [0.15, 0.2) is 0 Å². The molecule has 0 unspecified atom stereocenters. The molecule has 0 saturated carbocycles. The van der Waals surface area contributed by atoms with Crippen LogP contribution in [0.1, 0.15) is 42.4 Å². The Hall–Kier alpha value is -2.35. The predicted octanol–water partition coefficient (Wildman–Crippen LogP) is 3.03. The zero-order chi connectivity index (χ0) is 16.6. The molecule has 2 aromatic heterocycles. The van der Waals surface area contributed by atoms with Gasteiger partial charge in [0.1, 0.15) is 17.7 Å².